The standard InChI is InChI=1S/C15H13N5/c1-10-14-6-13(9-18-15(14)20-19-10)17-8-12-4-2-11(7-16)3-5-12/h2-6,9,17H,8H2,1H3,(H,18,19,20). The lowest BCUT2D eigenvalue weighted by Gasteiger charge is -2.06. The monoisotopic (exact) mass is 263 g/mol. The molecule has 0 amide bonds. The number of nitrogens with one attached hydrogen (secondary N) is 2. The van der Waals surface area contributed by atoms with E-state index in [0.29, 0.717) is 12.1 Å². The molecule has 0 aliphatic carbocycles. The summed E-state index contributed by atoms with van der Waals surface area (Å²) in [6.45, 7) is 2.66. The molecule has 3 rings (SSSR count). The number of nitrogens with zero attached hydrogens (tertiary/aromatic N) is 3. The van der Waals surface area contributed by atoms with Gasteiger partial charge in [-0.3, -0.25) is 5.10 Å². The first-order valence-corrected chi connectivity index (χ1v) is 6.30. The molecule has 0 spiro atoms. The predicted octanol–water partition coefficient (Wildman–Crippen LogP) is 2.75. The Kier molecular flexibility index (Phi) is 3.05. The van der Waals surface area contributed by atoms with Crippen LogP contribution in [0.4, 0.5) is 5.69 Å². The summed E-state index contributed by atoms with van der Waals surface area (Å²) in [6.07, 6.45) is 1.77. The fraction of sp³-hybridized carbons (Fsp3) is 0.133. The first kappa shape index (κ1) is 12.2. The minimum Gasteiger partial charge on any atom is -0.380 e. The molecule has 0 atom stereocenters. The molecule has 0 aliphatic heterocycles. The van der Waals surface area contributed by atoms with E-state index in [4.69, 9.17) is 5.26 Å². The quantitative estimate of drug-likeness (QED) is 0.761. The van der Waals surface area contributed by atoms with Crippen LogP contribution in [0.3, 0.4) is 0 Å². The Hall–Kier alpha value is -2.87. The van der Waals surface area contributed by atoms with E-state index < -0.39 is 0 Å². The molecule has 0 fully saturated rings. The van der Waals surface area contributed by atoms with E-state index in [1.54, 1.807) is 6.20 Å². The van der Waals surface area contributed by atoms with E-state index in [2.05, 4.69) is 26.6 Å². The molecule has 2 N–H and O–H groups in total. The lowest BCUT2D eigenvalue weighted by atomic mass is 10.1. The number of aromatic nitrogens is 3. The van der Waals surface area contributed by atoms with Crippen LogP contribution >= 0.6 is 0 Å². The van der Waals surface area contributed by atoms with Crippen molar-refractivity contribution >= 4 is 16.7 Å². The van der Waals surface area contributed by atoms with E-state index in [9.17, 15) is 0 Å². The largest absolute Gasteiger partial charge is 0.380 e. The zero-order valence-electron chi connectivity index (χ0n) is 11.0. The first-order chi connectivity index (χ1) is 9.76. The lowest BCUT2D eigenvalue weighted by Crippen LogP contribution is -1.99. The van der Waals surface area contributed by atoms with Crippen molar-refractivity contribution < 1.29 is 0 Å². The second-order valence-electron chi connectivity index (χ2n) is 4.61. The van der Waals surface area contributed by atoms with Gasteiger partial charge in [-0.1, -0.05) is 12.1 Å². The number of hydrogen-bond donors (Lipinski definition) is 2. The average Bonchev–Trinajstić information content (AvgIpc) is 2.87. The highest BCUT2D eigenvalue weighted by Gasteiger charge is 2.03. The molecule has 2 aromatic heterocycles. The summed E-state index contributed by atoms with van der Waals surface area (Å²) in [4.78, 5) is 4.29. The normalized spacial score (nSPS) is 10.4. The topological polar surface area (TPSA) is 77.4 Å². The summed E-state index contributed by atoms with van der Waals surface area (Å²) >= 11 is 0. The van der Waals surface area contributed by atoms with Crippen molar-refractivity contribution in [2.24, 2.45) is 0 Å². The molecule has 5 heteroatoms. The van der Waals surface area contributed by atoms with Gasteiger partial charge in [0.05, 0.1) is 23.5 Å². The zero-order chi connectivity index (χ0) is 13.9. The van der Waals surface area contributed by atoms with Crippen molar-refractivity contribution in [3.8, 4) is 6.07 Å². The van der Waals surface area contributed by atoms with Crippen LogP contribution in [0.5, 0.6) is 0 Å². The molecular formula is C15H13N5. The highest BCUT2D eigenvalue weighted by molar-refractivity contribution is 5.80. The van der Waals surface area contributed by atoms with Crippen molar-refractivity contribution in [2.75, 3.05) is 5.32 Å². The third-order valence-electron chi connectivity index (χ3n) is 3.18. The highest BCUT2D eigenvalue weighted by atomic mass is 15.1. The van der Waals surface area contributed by atoms with E-state index in [1.807, 2.05) is 37.3 Å². The molecule has 0 saturated heterocycles. The van der Waals surface area contributed by atoms with E-state index in [-0.39, 0.29) is 0 Å². The van der Waals surface area contributed by atoms with Gasteiger partial charge in [-0.05, 0) is 30.7 Å². The Morgan fingerprint density at radius 3 is 2.85 bits per heavy atom. The maximum Gasteiger partial charge on any atom is 0.181 e. The highest BCUT2D eigenvalue weighted by Crippen LogP contribution is 2.18. The van der Waals surface area contributed by atoms with Crippen LogP contribution in [-0.2, 0) is 6.54 Å². The molecule has 0 aliphatic rings. The fourth-order valence-corrected chi connectivity index (χ4v) is 2.02. The molecule has 0 unspecified atom stereocenters. The van der Waals surface area contributed by atoms with Gasteiger partial charge in [0.25, 0.3) is 0 Å². The fourth-order valence-electron chi connectivity index (χ4n) is 2.02. The van der Waals surface area contributed by atoms with Gasteiger partial charge in [0, 0.05) is 17.6 Å². The van der Waals surface area contributed by atoms with Gasteiger partial charge in [-0.25, -0.2) is 4.98 Å². The molecule has 20 heavy (non-hydrogen) atoms. The lowest BCUT2D eigenvalue weighted by molar-refractivity contribution is 1.05. The number of H-pyrrole nitrogens is 1. The molecular weight excluding hydrogens is 250 g/mol. The van der Waals surface area contributed by atoms with E-state index >= 15 is 0 Å². The minimum absolute atomic E-state index is 0.672. The molecule has 5 nitrogen and oxygen atoms in total. The number of benzene rings is 1. The van der Waals surface area contributed by atoms with E-state index in [1.165, 1.54) is 0 Å². The number of aromatic amines is 1. The van der Waals surface area contributed by atoms with Gasteiger partial charge < -0.3 is 5.32 Å². The van der Waals surface area contributed by atoms with Crippen LogP contribution < -0.4 is 5.32 Å². The van der Waals surface area contributed by atoms with Crippen molar-refractivity contribution in [2.45, 2.75) is 13.5 Å². The van der Waals surface area contributed by atoms with Crippen molar-refractivity contribution in [1.29, 1.82) is 5.26 Å². The van der Waals surface area contributed by atoms with Gasteiger partial charge >= 0.3 is 0 Å². The number of pyridine rings is 1. The molecule has 3 aromatic rings. The van der Waals surface area contributed by atoms with Crippen molar-refractivity contribution in [3.63, 3.8) is 0 Å². The van der Waals surface area contributed by atoms with Crippen LogP contribution in [0.25, 0.3) is 11.0 Å². The third kappa shape index (κ3) is 2.31. The number of rotatable bonds is 3. The van der Waals surface area contributed by atoms with Crippen LogP contribution in [0.15, 0.2) is 36.5 Å². The zero-order valence-corrected chi connectivity index (χ0v) is 11.0. The van der Waals surface area contributed by atoms with Crippen molar-refractivity contribution in [3.05, 3.63) is 53.3 Å². The molecule has 0 radical (unpaired) electrons. The summed E-state index contributed by atoms with van der Waals surface area (Å²) in [5.74, 6) is 0. The Balaban J connectivity index is 1.75. The summed E-state index contributed by atoms with van der Waals surface area (Å²) in [5.41, 5.74) is 4.48. The minimum atomic E-state index is 0.672. The SMILES string of the molecule is Cc1[nH]nc2ncc(NCc3ccc(C#N)cc3)cc12. The number of hydrogen-bond acceptors (Lipinski definition) is 4. The van der Waals surface area contributed by atoms with Gasteiger partial charge in [0.15, 0.2) is 5.65 Å². The summed E-state index contributed by atoms with van der Waals surface area (Å²) in [5, 5.41) is 20.1. The van der Waals surface area contributed by atoms with Gasteiger partial charge in [0.2, 0.25) is 0 Å². The van der Waals surface area contributed by atoms with Gasteiger partial charge in [-0.2, -0.15) is 10.4 Å². The van der Waals surface area contributed by atoms with Gasteiger partial charge in [-0.15, -0.1) is 0 Å². The van der Waals surface area contributed by atoms with Gasteiger partial charge in [0.1, 0.15) is 0 Å². The molecule has 2 heterocycles. The number of aryl methyl sites for hydroxylation is 1. The summed E-state index contributed by atoms with van der Waals surface area (Å²) < 4.78 is 0. The number of anilines is 1. The second kappa shape index (κ2) is 5.02. The third-order valence-corrected chi connectivity index (χ3v) is 3.18. The molecule has 0 saturated carbocycles. The van der Waals surface area contributed by atoms with Crippen LogP contribution in [-0.4, -0.2) is 15.2 Å². The average molecular weight is 263 g/mol. The maximum absolute atomic E-state index is 8.76. The smallest absolute Gasteiger partial charge is 0.181 e. The predicted molar refractivity (Wildman–Crippen MR) is 77.1 cm³/mol. The first-order valence-electron chi connectivity index (χ1n) is 6.30. The molecule has 1 aromatic carbocycles. The summed E-state index contributed by atoms with van der Waals surface area (Å²) in [7, 11) is 0. The maximum atomic E-state index is 8.76. The van der Waals surface area contributed by atoms with Crippen LogP contribution in [0.1, 0.15) is 16.8 Å². The van der Waals surface area contributed by atoms with Crippen molar-refractivity contribution in [1.82, 2.24) is 15.2 Å². The Labute approximate surface area is 116 Å². The van der Waals surface area contributed by atoms with E-state index in [0.717, 1.165) is 28.0 Å². The van der Waals surface area contributed by atoms with Crippen LogP contribution in [0.2, 0.25) is 0 Å². The Morgan fingerprint density at radius 1 is 1.30 bits per heavy atom. The molecule has 0 bridgehead atoms. The van der Waals surface area contributed by atoms with Crippen LogP contribution in [0, 0.1) is 18.3 Å². The number of fused-ring (bicyclic) bond motifs is 1. The number of nitriles is 1. The Bertz CT molecular complexity index is 780. The summed E-state index contributed by atoms with van der Waals surface area (Å²) in [6, 6.07) is 11.7. The Morgan fingerprint density at radius 2 is 2.10 bits per heavy atom. The molecule has 98 valence electrons. The second-order valence-corrected chi connectivity index (χ2v) is 4.61.